The first-order chi connectivity index (χ1) is 13.9. The Morgan fingerprint density at radius 3 is 2.83 bits per heavy atom. The van der Waals surface area contributed by atoms with Crippen molar-refractivity contribution in [2.75, 3.05) is 57.8 Å². The number of aromatic nitrogens is 1. The average molecular weight is 422 g/mol. The Hall–Kier alpha value is -2.26. The second kappa shape index (κ2) is 6.63. The number of ether oxygens (including phenoxy) is 1. The number of halogens is 1. The minimum absolute atomic E-state index is 0.00639. The van der Waals surface area contributed by atoms with Crippen LogP contribution in [0.2, 0.25) is 5.15 Å². The van der Waals surface area contributed by atoms with Crippen molar-refractivity contribution in [3.8, 4) is 5.75 Å². The van der Waals surface area contributed by atoms with Gasteiger partial charge in [0.1, 0.15) is 28.9 Å². The van der Waals surface area contributed by atoms with E-state index in [4.69, 9.17) is 16.3 Å². The van der Waals surface area contributed by atoms with Gasteiger partial charge < -0.3 is 29.4 Å². The van der Waals surface area contributed by atoms with E-state index in [0.717, 1.165) is 32.5 Å². The maximum Gasteiger partial charge on any atom is 0.407 e. The Bertz CT molecular complexity index is 876. The molecule has 1 aromatic heterocycles. The molecule has 0 bridgehead atoms. The summed E-state index contributed by atoms with van der Waals surface area (Å²) in [5, 5.41) is 9.62. The van der Waals surface area contributed by atoms with Crippen molar-refractivity contribution in [3.63, 3.8) is 0 Å². The number of anilines is 1. The smallest absolute Gasteiger partial charge is 0.407 e. The lowest BCUT2D eigenvalue weighted by atomic mass is 10.1. The number of hydrogen-bond acceptors (Lipinski definition) is 6. The summed E-state index contributed by atoms with van der Waals surface area (Å²) in [5.74, 6) is 0.891. The van der Waals surface area contributed by atoms with Crippen LogP contribution in [0.25, 0.3) is 0 Å². The van der Waals surface area contributed by atoms with Crippen LogP contribution >= 0.6 is 11.6 Å². The quantitative estimate of drug-likeness (QED) is 0.682. The molecule has 156 valence electrons. The van der Waals surface area contributed by atoms with Gasteiger partial charge in [-0.05, 0) is 19.9 Å². The highest BCUT2D eigenvalue weighted by atomic mass is 35.5. The molecule has 0 radical (unpaired) electrons. The number of hydrogen-bond donors (Lipinski definition) is 1. The van der Waals surface area contributed by atoms with Gasteiger partial charge >= 0.3 is 6.09 Å². The van der Waals surface area contributed by atoms with Crippen molar-refractivity contribution >= 4 is 29.4 Å². The number of pyridine rings is 1. The molecule has 1 aromatic rings. The number of likely N-dealkylation sites (N-methyl/N-ethyl adjacent to an activating group) is 1. The summed E-state index contributed by atoms with van der Waals surface area (Å²) < 4.78 is 5.99. The molecule has 1 atom stereocenters. The highest BCUT2D eigenvalue weighted by Crippen LogP contribution is 2.48. The van der Waals surface area contributed by atoms with Crippen LogP contribution in [0.4, 0.5) is 10.6 Å². The highest BCUT2D eigenvalue weighted by molar-refractivity contribution is 6.30. The molecule has 5 rings (SSSR count). The van der Waals surface area contributed by atoms with Gasteiger partial charge in [-0.15, -0.1) is 0 Å². The van der Waals surface area contributed by atoms with Crippen molar-refractivity contribution < 1.29 is 19.4 Å². The molecular formula is C19H24ClN5O4. The Morgan fingerprint density at radius 2 is 2.10 bits per heavy atom. The zero-order valence-corrected chi connectivity index (χ0v) is 17.1. The maximum atomic E-state index is 13.6. The van der Waals surface area contributed by atoms with Crippen LogP contribution in [0, 0.1) is 0 Å². The Labute approximate surface area is 173 Å². The summed E-state index contributed by atoms with van der Waals surface area (Å²) in [6.45, 7) is 3.71. The third kappa shape index (κ3) is 3.07. The van der Waals surface area contributed by atoms with Crippen LogP contribution in [0.5, 0.6) is 5.75 Å². The van der Waals surface area contributed by atoms with E-state index in [1.165, 1.54) is 4.90 Å². The number of piperazine rings is 2. The van der Waals surface area contributed by atoms with Gasteiger partial charge in [0.05, 0.1) is 11.6 Å². The minimum Gasteiger partial charge on any atom is -0.490 e. The predicted molar refractivity (Wildman–Crippen MR) is 106 cm³/mol. The fourth-order valence-corrected chi connectivity index (χ4v) is 5.02. The number of carboxylic acid groups (broad SMARTS) is 1. The predicted octanol–water partition coefficient (Wildman–Crippen LogP) is 1.22. The van der Waals surface area contributed by atoms with Crippen LogP contribution in [-0.2, 0) is 0 Å². The molecule has 4 aliphatic rings. The van der Waals surface area contributed by atoms with E-state index in [2.05, 4.69) is 21.8 Å². The third-order valence-corrected chi connectivity index (χ3v) is 6.71. The summed E-state index contributed by atoms with van der Waals surface area (Å²) in [5.41, 5.74) is 0.461. The van der Waals surface area contributed by atoms with Crippen molar-refractivity contribution in [1.82, 2.24) is 19.7 Å². The van der Waals surface area contributed by atoms with Crippen molar-refractivity contribution in [2.45, 2.75) is 24.4 Å². The molecule has 29 heavy (non-hydrogen) atoms. The van der Waals surface area contributed by atoms with Crippen molar-refractivity contribution in [1.29, 1.82) is 0 Å². The van der Waals surface area contributed by atoms with Crippen LogP contribution in [0.1, 0.15) is 23.2 Å². The lowest BCUT2D eigenvalue weighted by Gasteiger charge is -2.42. The van der Waals surface area contributed by atoms with E-state index < -0.39 is 6.09 Å². The fraction of sp³-hybridized carbons (Fsp3) is 0.632. The van der Waals surface area contributed by atoms with Gasteiger partial charge in [0.25, 0.3) is 5.91 Å². The first kappa shape index (κ1) is 18.7. The molecular weight excluding hydrogens is 398 g/mol. The average Bonchev–Trinajstić information content (AvgIpc) is 3.45. The van der Waals surface area contributed by atoms with Gasteiger partial charge in [-0.25, -0.2) is 9.78 Å². The van der Waals surface area contributed by atoms with Gasteiger partial charge in [-0.2, -0.15) is 0 Å². The molecule has 2 amide bonds. The zero-order chi connectivity index (χ0) is 20.3. The first-order valence-corrected chi connectivity index (χ1v) is 10.3. The monoisotopic (exact) mass is 421 g/mol. The molecule has 1 saturated carbocycles. The number of carbonyl (C=O) groups excluding carboxylic acids is 1. The molecule has 4 heterocycles. The van der Waals surface area contributed by atoms with Gasteiger partial charge in [0, 0.05) is 45.3 Å². The minimum atomic E-state index is -0.975. The highest BCUT2D eigenvalue weighted by Gasteiger charge is 2.52. The van der Waals surface area contributed by atoms with E-state index in [1.807, 2.05) is 0 Å². The molecule has 3 aliphatic heterocycles. The summed E-state index contributed by atoms with van der Waals surface area (Å²) >= 11 is 6.32. The zero-order valence-electron chi connectivity index (χ0n) is 16.3. The lowest BCUT2D eigenvalue weighted by Crippen LogP contribution is -2.58. The number of amides is 2. The fourth-order valence-electron chi connectivity index (χ4n) is 4.84. The van der Waals surface area contributed by atoms with E-state index in [9.17, 15) is 14.7 Å². The summed E-state index contributed by atoms with van der Waals surface area (Å²) in [6.07, 6.45) is 1.15. The standard InChI is InChI=1S/C19H24ClN5O4/c1-22-4-7-25(19(11-22)2-3-19)16-15-13(8-14(20)21-16)29-10-12-9-23(18(27)28)5-6-24(12)17(15)26/h8,12H,2-7,9-11H2,1H3,(H,27,28)/t12-/m1/s1. The Morgan fingerprint density at radius 1 is 1.31 bits per heavy atom. The molecule has 0 unspecified atom stereocenters. The number of carbonyl (C=O) groups is 2. The van der Waals surface area contributed by atoms with Gasteiger partial charge in [0.2, 0.25) is 0 Å². The van der Waals surface area contributed by atoms with Crippen LogP contribution in [0.15, 0.2) is 6.07 Å². The third-order valence-electron chi connectivity index (χ3n) is 6.52. The maximum absolute atomic E-state index is 13.6. The van der Waals surface area contributed by atoms with E-state index in [1.54, 1.807) is 11.0 Å². The first-order valence-electron chi connectivity index (χ1n) is 9.96. The Kier molecular flexibility index (Phi) is 4.29. The SMILES string of the molecule is CN1CCN(c2nc(Cl)cc3c2C(=O)N2CCN(C(=O)O)C[C@@H]2CO3)C2(CC2)C1. The molecule has 0 aromatic carbocycles. The summed E-state index contributed by atoms with van der Waals surface area (Å²) in [4.78, 5) is 37.2. The topological polar surface area (TPSA) is 89.5 Å². The summed E-state index contributed by atoms with van der Waals surface area (Å²) in [7, 11) is 2.12. The lowest BCUT2D eigenvalue weighted by molar-refractivity contribution is 0.0390. The number of fused-ring (bicyclic) bond motifs is 2. The Balaban J connectivity index is 1.53. The van der Waals surface area contributed by atoms with E-state index in [0.29, 0.717) is 35.4 Å². The largest absolute Gasteiger partial charge is 0.490 e. The normalized spacial score (nSPS) is 25.9. The molecule has 1 N–H and O–H groups in total. The van der Waals surface area contributed by atoms with Gasteiger partial charge in [-0.1, -0.05) is 11.6 Å². The number of rotatable bonds is 1. The summed E-state index contributed by atoms with van der Waals surface area (Å²) in [6, 6.07) is 1.27. The molecule has 2 saturated heterocycles. The van der Waals surface area contributed by atoms with Crippen LogP contribution in [-0.4, -0.2) is 101 Å². The van der Waals surface area contributed by atoms with Gasteiger partial charge in [-0.3, -0.25) is 4.79 Å². The van der Waals surface area contributed by atoms with Crippen LogP contribution < -0.4 is 9.64 Å². The number of nitrogens with zero attached hydrogens (tertiary/aromatic N) is 5. The molecule has 1 spiro atoms. The van der Waals surface area contributed by atoms with E-state index >= 15 is 0 Å². The van der Waals surface area contributed by atoms with Crippen molar-refractivity contribution in [2.24, 2.45) is 0 Å². The van der Waals surface area contributed by atoms with Crippen LogP contribution in [0.3, 0.4) is 0 Å². The molecule has 9 nitrogen and oxygen atoms in total. The molecule has 3 fully saturated rings. The van der Waals surface area contributed by atoms with E-state index in [-0.39, 0.29) is 30.6 Å². The second-order valence-electron chi connectivity index (χ2n) is 8.45. The molecule has 10 heteroatoms. The van der Waals surface area contributed by atoms with Gasteiger partial charge in [0.15, 0.2) is 0 Å². The van der Waals surface area contributed by atoms with Crippen molar-refractivity contribution in [3.05, 3.63) is 16.8 Å². The molecule has 1 aliphatic carbocycles. The second-order valence-corrected chi connectivity index (χ2v) is 8.83.